The van der Waals surface area contributed by atoms with Gasteiger partial charge < -0.3 is 14.8 Å². The van der Waals surface area contributed by atoms with Gasteiger partial charge in [0.05, 0.1) is 19.0 Å². The molecule has 0 bridgehead atoms. The molecule has 0 fully saturated rings. The van der Waals surface area contributed by atoms with Gasteiger partial charge in [0.25, 0.3) is 0 Å². The lowest BCUT2D eigenvalue weighted by Gasteiger charge is -2.18. The normalized spacial score (nSPS) is 10.6. The monoisotopic (exact) mass is 424 g/mol. The van der Waals surface area contributed by atoms with Crippen LogP contribution >= 0.6 is 0 Å². The third-order valence-corrected chi connectivity index (χ3v) is 5.10. The van der Waals surface area contributed by atoms with E-state index in [0.29, 0.717) is 29.5 Å². The number of carbonyl (C=O) groups excluding carboxylic acids is 1. The molecule has 5 nitrogen and oxygen atoms in total. The van der Waals surface area contributed by atoms with Gasteiger partial charge in [0.15, 0.2) is 11.5 Å². The van der Waals surface area contributed by atoms with Crippen molar-refractivity contribution in [2.75, 3.05) is 12.4 Å². The number of nitrogens with zero attached hydrogens (tertiary/aromatic N) is 1. The fourth-order valence-corrected chi connectivity index (χ4v) is 3.53. The molecule has 0 spiro atoms. The molecular weight excluding hydrogens is 400 g/mol. The molecule has 160 valence electrons. The first-order valence-electron chi connectivity index (χ1n) is 10.4. The number of hydrogen-bond acceptors (Lipinski definition) is 4. The molecule has 0 saturated heterocycles. The number of amides is 1. The van der Waals surface area contributed by atoms with Crippen LogP contribution in [0.3, 0.4) is 0 Å². The highest BCUT2D eigenvalue weighted by atomic mass is 16.5. The zero-order valence-electron chi connectivity index (χ0n) is 17.8. The van der Waals surface area contributed by atoms with Gasteiger partial charge in [-0.2, -0.15) is 0 Å². The van der Waals surface area contributed by atoms with Crippen molar-refractivity contribution >= 4 is 11.6 Å². The predicted octanol–water partition coefficient (Wildman–Crippen LogP) is 6.04. The molecule has 5 heteroatoms. The van der Waals surface area contributed by atoms with Crippen LogP contribution in [0.25, 0.3) is 0 Å². The predicted molar refractivity (Wildman–Crippen MR) is 125 cm³/mol. The summed E-state index contributed by atoms with van der Waals surface area (Å²) in [5, 5.41) is 2.94. The molecule has 1 aromatic heterocycles. The van der Waals surface area contributed by atoms with Crippen LogP contribution in [0.15, 0.2) is 103 Å². The Hall–Kier alpha value is -4.12. The van der Waals surface area contributed by atoms with Crippen molar-refractivity contribution < 1.29 is 14.3 Å². The summed E-state index contributed by atoms with van der Waals surface area (Å²) in [5.74, 6) is 1.51. The van der Waals surface area contributed by atoms with Gasteiger partial charge in [-0.3, -0.25) is 4.79 Å². The molecule has 4 aromatic rings. The van der Waals surface area contributed by atoms with Gasteiger partial charge in [0.2, 0.25) is 11.8 Å². The van der Waals surface area contributed by atoms with Crippen LogP contribution < -0.4 is 14.8 Å². The molecule has 0 aliphatic rings. The van der Waals surface area contributed by atoms with E-state index in [4.69, 9.17) is 9.47 Å². The van der Waals surface area contributed by atoms with E-state index in [-0.39, 0.29) is 11.8 Å². The molecule has 0 atom stereocenters. The molecule has 1 N–H and O–H groups in total. The molecule has 1 heterocycles. The van der Waals surface area contributed by atoms with Crippen LogP contribution in [-0.4, -0.2) is 18.0 Å². The van der Waals surface area contributed by atoms with Crippen LogP contribution in [0.4, 0.5) is 5.69 Å². The first-order valence-corrected chi connectivity index (χ1v) is 10.4. The standard InChI is InChI=1S/C27H24N2O3/c1-31-24-14-8-9-15-25(24)32-27-17-16-22(19-28-27)29-26(30)18-23(20-10-4-2-5-11-20)21-12-6-3-7-13-21/h2-17,19,23H,18H2,1H3,(H,29,30). The maximum absolute atomic E-state index is 12.8. The first-order chi connectivity index (χ1) is 15.7. The number of hydrogen-bond donors (Lipinski definition) is 1. The number of ether oxygens (including phenoxy) is 2. The molecule has 32 heavy (non-hydrogen) atoms. The number of benzene rings is 3. The number of anilines is 1. The van der Waals surface area contributed by atoms with E-state index >= 15 is 0 Å². The summed E-state index contributed by atoms with van der Waals surface area (Å²) in [6.07, 6.45) is 1.91. The summed E-state index contributed by atoms with van der Waals surface area (Å²) in [4.78, 5) is 17.1. The van der Waals surface area contributed by atoms with Crippen LogP contribution in [0, 0.1) is 0 Å². The maximum Gasteiger partial charge on any atom is 0.225 e. The lowest BCUT2D eigenvalue weighted by molar-refractivity contribution is -0.116. The van der Waals surface area contributed by atoms with Crippen molar-refractivity contribution in [3.05, 3.63) is 114 Å². The van der Waals surface area contributed by atoms with Gasteiger partial charge in [-0.25, -0.2) is 4.98 Å². The highest BCUT2D eigenvalue weighted by molar-refractivity contribution is 5.91. The molecule has 0 aliphatic carbocycles. The van der Waals surface area contributed by atoms with Crippen LogP contribution in [-0.2, 0) is 4.79 Å². The number of carbonyl (C=O) groups is 1. The number of pyridine rings is 1. The summed E-state index contributed by atoms with van der Waals surface area (Å²) in [6, 6.07) is 31.0. The van der Waals surface area contributed by atoms with Gasteiger partial charge in [-0.1, -0.05) is 72.8 Å². The zero-order valence-corrected chi connectivity index (χ0v) is 17.8. The van der Waals surface area contributed by atoms with E-state index in [1.54, 1.807) is 25.4 Å². The third-order valence-electron chi connectivity index (χ3n) is 5.10. The van der Waals surface area contributed by atoms with E-state index in [2.05, 4.69) is 34.6 Å². The number of aromatic nitrogens is 1. The first kappa shape index (κ1) is 21.1. The maximum atomic E-state index is 12.8. The second-order valence-corrected chi connectivity index (χ2v) is 7.26. The van der Waals surface area contributed by atoms with E-state index in [1.807, 2.05) is 60.7 Å². The summed E-state index contributed by atoms with van der Waals surface area (Å²) in [7, 11) is 1.59. The van der Waals surface area contributed by atoms with Crippen LogP contribution in [0.2, 0.25) is 0 Å². The third kappa shape index (κ3) is 5.32. The number of para-hydroxylation sites is 2. The van der Waals surface area contributed by atoms with Crippen molar-refractivity contribution in [3.8, 4) is 17.4 Å². The van der Waals surface area contributed by atoms with E-state index < -0.39 is 0 Å². The van der Waals surface area contributed by atoms with Gasteiger partial charge in [0.1, 0.15) is 0 Å². The Bertz CT molecular complexity index is 1110. The Morgan fingerprint density at radius 2 is 1.41 bits per heavy atom. The summed E-state index contributed by atoms with van der Waals surface area (Å²) < 4.78 is 11.1. The molecule has 1 amide bonds. The topological polar surface area (TPSA) is 60.5 Å². The van der Waals surface area contributed by atoms with Gasteiger partial charge >= 0.3 is 0 Å². The Morgan fingerprint density at radius 3 is 1.97 bits per heavy atom. The van der Waals surface area contributed by atoms with Gasteiger partial charge in [-0.15, -0.1) is 0 Å². The Morgan fingerprint density at radius 1 is 0.812 bits per heavy atom. The Kier molecular flexibility index (Phi) is 6.78. The molecule has 0 unspecified atom stereocenters. The lowest BCUT2D eigenvalue weighted by Crippen LogP contribution is -2.16. The smallest absolute Gasteiger partial charge is 0.225 e. The number of methoxy groups -OCH3 is 1. The average molecular weight is 425 g/mol. The quantitative estimate of drug-likeness (QED) is 0.374. The molecule has 3 aromatic carbocycles. The summed E-state index contributed by atoms with van der Waals surface area (Å²) in [6.45, 7) is 0. The largest absolute Gasteiger partial charge is 0.493 e. The van der Waals surface area contributed by atoms with E-state index in [9.17, 15) is 4.79 Å². The van der Waals surface area contributed by atoms with Crippen molar-refractivity contribution in [2.24, 2.45) is 0 Å². The fourth-order valence-electron chi connectivity index (χ4n) is 3.53. The minimum Gasteiger partial charge on any atom is -0.493 e. The Labute approximate surface area is 187 Å². The molecule has 0 aliphatic heterocycles. The second kappa shape index (κ2) is 10.3. The molecular formula is C27H24N2O3. The van der Waals surface area contributed by atoms with Crippen molar-refractivity contribution in [2.45, 2.75) is 12.3 Å². The van der Waals surface area contributed by atoms with Crippen LogP contribution in [0.1, 0.15) is 23.5 Å². The lowest BCUT2D eigenvalue weighted by atomic mass is 9.88. The average Bonchev–Trinajstić information content (AvgIpc) is 2.85. The van der Waals surface area contributed by atoms with Gasteiger partial charge in [0, 0.05) is 18.4 Å². The van der Waals surface area contributed by atoms with Crippen molar-refractivity contribution in [1.29, 1.82) is 0 Å². The summed E-state index contributed by atoms with van der Waals surface area (Å²) in [5.41, 5.74) is 2.82. The van der Waals surface area contributed by atoms with Gasteiger partial charge in [-0.05, 0) is 29.3 Å². The van der Waals surface area contributed by atoms with Crippen molar-refractivity contribution in [1.82, 2.24) is 4.98 Å². The van der Waals surface area contributed by atoms with E-state index in [0.717, 1.165) is 11.1 Å². The number of nitrogens with one attached hydrogen (secondary N) is 1. The highest BCUT2D eigenvalue weighted by Gasteiger charge is 2.18. The SMILES string of the molecule is COc1ccccc1Oc1ccc(NC(=O)CC(c2ccccc2)c2ccccc2)cn1. The Balaban J connectivity index is 1.44. The minimum atomic E-state index is -0.0806. The molecule has 0 saturated carbocycles. The molecule has 4 rings (SSSR count). The van der Waals surface area contributed by atoms with E-state index in [1.165, 1.54) is 0 Å². The van der Waals surface area contributed by atoms with Crippen molar-refractivity contribution in [3.63, 3.8) is 0 Å². The fraction of sp³-hybridized carbons (Fsp3) is 0.111. The second-order valence-electron chi connectivity index (χ2n) is 7.26. The summed E-state index contributed by atoms with van der Waals surface area (Å²) >= 11 is 0. The molecule has 0 radical (unpaired) electrons. The zero-order chi connectivity index (χ0) is 22.2. The van der Waals surface area contributed by atoms with Crippen LogP contribution in [0.5, 0.6) is 17.4 Å². The highest BCUT2D eigenvalue weighted by Crippen LogP contribution is 2.31. The minimum absolute atomic E-state index is 0.0292. The number of rotatable bonds is 8.